The fourth-order valence-corrected chi connectivity index (χ4v) is 4.04. The van der Waals surface area contributed by atoms with Gasteiger partial charge in [0, 0.05) is 36.3 Å². The van der Waals surface area contributed by atoms with E-state index in [1.807, 2.05) is 4.72 Å². The lowest BCUT2D eigenvalue weighted by molar-refractivity contribution is 0.168. The Morgan fingerprint density at radius 2 is 2.03 bits per heavy atom. The standard InChI is InChI=1S/C22H25F2N7O4S/c1-11(27-22(32)35-2)10-26-21-25-7-6-15(28-21)19-18(29-20(30-19)12-4-5-12)14-8-13(23)9-16(17(14)24)31-36(3,33)34/h6-9,11-12,31H,4-5,10H2,1-3H3,(H,27,32)(H,29,30)(H,25,26,28)/t11-/m0/s1. The van der Waals surface area contributed by atoms with Crippen LogP contribution in [0.15, 0.2) is 24.4 Å². The summed E-state index contributed by atoms with van der Waals surface area (Å²) in [5.41, 5.74) is 0.0420. The normalized spacial score (nSPS) is 14.2. The first-order valence-electron chi connectivity index (χ1n) is 11.0. The number of carbonyl (C=O) groups excluding carboxylic acids is 1. The number of nitrogens with one attached hydrogen (secondary N) is 4. The molecule has 1 atom stereocenters. The van der Waals surface area contributed by atoms with Crippen molar-refractivity contribution in [2.45, 2.75) is 31.7 Å². The number of anilines is 2. The van der Waals surface area contributed by atoms with E-state index in [2.05, 4.69) is 35.3 Å². The number of alkyl carbamates (subject to hydrolysis) is 1. The first-order valence-corrected chi connectivity index (χ1v) is 12.9. The maximum absolute atomic E-state index is 15.4. The summed E-state index contributed by atoms with van der Waals surface area (Å²) in [6.45, 7) is 2.05. The van der Waals surface area contributed by atoms with E-state index in [1.165, 1.54) is 13.3 Å². The highest BCUT2D eigenvalue weighted by atomic mass is 32.2. The van der Waals surface area contributed by atoms with Crippen molar-refractivity contribution in [3.05, 3.63) is 41.9 Å². The molecule has 4 rings (SSSR count). The number of aromatic amines is 1. The highest BCUT2D eigenvalue weighted by Gasteiger charge is 2.30. The van der Waals surface area contributed by atoms with Crippen molar-refractivity contribution in [3.63, 3.8) is 0 Å². The number of H-pyrrole nitrogens is 1. The van der Waals surface area contributed by atoms with Gasteiger partial charge in [0.1, 0.15) is 17.3 Å². The summed E-state index contributed by atoms with van der Waals surface area (Å²) in [5, 5.41) is 5.61. The molecule has 3 aromatic rings. The molecule has 192 valence electrons. The molecular formula is C22H25F2N7O4S. The van der Waals surface area contributed by atoms with Gasteiger partial charge in [-0.25, -0.2) is 36.9 Å². The Balaban J connectivity index is 1.70. The van der Waals surface area contributed by atoms with Crippen LogP contribution in [0.2, 0.25) is 0 Å². The Kier molecular flexibility index (Phi) is 7.06. The Morgan fingerprint density at radius 3 is 2.69 bits per heavy atom. The zero-order valence-electron chi connectivity index (χ0n) is 19.7. The summed E-state index contributed by atoms with van der Waals surface area (Å²) in [7, 11) is -2.59. The molecule has 2 heterocycles. The van der Waals surface area contributed by atoms with Gasteiger partial charge in [0.15, 0.2) is 5.82 Å². The van der Waals surface area contributed by atoms with Crippen LogP contribution in [-0.4, -0.2) is 60.4 Å². The number of carbonyl (C=O) groups is 1. The number of sulfonamides is 1. The molecule has 0 unspecified atom stereocenters. The molecule has 0 aliphatic heterocycles. The van der Waals surface area contributed by atoms with Crippen LogP contribution in [0.3, 0.4) is 0 Å². The van der Waals surface area contributed by atoms with E-state index < -0.39 is 33.4 Å². The van der Waals surface area contributed by atoms with Gasteiger partial charge < -0.3 is 20.4 Å². The van der Waals surface area contributed by atoms with Gasteiger partial charge in [-0.05, 0) is 31.9 Å². The second-order valence-electron chi connectivity index (χ2n) is 8.49. The van der Waals surface area contributed by atoms with Gasteiger partial charge in [-0.2, -0.15) is 0 Å². The van der Waals surface area contributed by atoms with Crippen molar-refractivity contribution in [1.82, 2.24) is 25.3 Å². The van der Waals surface area contributed by atoms with E-state index in [0.29, 0.717) is 23.8 Å². The molecule has 1 aliphatic carbocycles. The molecule has 0 bridgehead atoms. The Bertz CT molecular complexity index is 1390. The topological polar surface area (TPSA) is 151 Å². The summed E-state index contributed by atoms with van der Waals surface area (Å²) >= 11 is 0. The van der Waals surface area contributed by atoms with Crippen molar-refractivity contribution in [1.29, 1.82) is 0 Å². The van der Waals surface area contributed by atoms with Gasteiger partial charge in [0.2, 0.25) is 16.0 Å². The van der Waals surface area contributed by atoms with Gasteiger partial charge in [0.25, 0.3) is 0 Å². The van der Waals surface area contributed by atoms with Gasteiger partial charge in [0.05, 0.1) is 30.4 Å². The number of hydrogen-bond donors (Lipinski definition) is 4. The van der Waals surface area contributed by atoms with Gasteiger partial charge in [-0.3, -0.25) is 4.72 Å². The molecule has 14 heteroatoms. The van der Waals surface area contributed by atoms with Crippen LogP contribution < -0.4 is 15.4 Å². The molecule has 1 fully saturated rings. The fraction of sp³-hybridized carbons (Fsp3) is 0.364. The average Bonchev–Trinajstić information content (AvgIpc) is 3.57. The van der Waals surface area contributed by atoms with Crippen molar-refractivity contribution >= 4 is 27.8 Å². The van der Waals surface area contributed by atoms with Crippen molar-refractivity contribution in [2.75, 3.05) is 29.9 Å². The minimum atomic E-state index is -3.85. The largest absolute Gasteiger partial charge is 0.453 e. The zero-order chi connectivity index (χ0) is 26.0. The summed E-state index contributed by atoms with van der Waals surface area (Å²) in [4.78, 5) is 27.7. The van der Waals surface area contributed by atoms with Crippen LogP contribution >= 0.6 is 0 Å². The summed E-state index contributed by atoms with van der Waals surface area (Å²) < 4.78 is 59.7. The van der Waals surface area contributed by atoms with Crippen LogP contribution in [0.5, 0.6) is 0 Å². The second kappa shape index (κ2) is 10.0. The number of amides is 1. The molecule has 0 radical (unpaired) electrons. The third-order valence-corrected chi connectivity index (χ3v) is 5.89. The van der Waals surface area contributed by atoms with Crippen molar-refractivity contribution in [2.24, 2.45) is 0 Å². The fourth-order valence-electron chi connectivity index (χ4n) is 3.50. The van der Waals surface area contributed by atoms with Gasteiger partial charge in [-0.1, -0.05) is 0 Å². The lowest BCUT2D eigenvalue weighted by Crippen LogP contribution is -2.37. The van der Waals surface area contributed by atoms with Gasteiger partial charge in [-0.15, -0.1) is 0 Å². The lowest BCUT2D eigenvalue weighted by atomic mass is 10.1. The number of nitrogens with zero attached hydrogens (tertiary/aromatic N) is 3. The Morgan fingerprint density at radius 1 is 1.28 bits per heavy atom. The number of ether oxygens (including phenoxy) is 1. The molecule has 1 aromatic carbocycles. The predicted molar refractivity (Wildman–Crippen MR) is 129 cm³/mol. The van der Waals surface area contributed by atoms with E-state index in [0.717, 1.165) is 31.2 Å². The number of halogens is 2. The van der Waals surface area contributed by atoms with Crippen molar-refractivity contribution in [3.8, 4) is 22.6 Å². The van der Waals surface area contributed by atoms with Crippen LogP contribution in [-0.2, 0) is 14.8 Å². The third-order valence-electron chi connectivity index (χ3n) is 5.30. The smallest absolute Gasteiger partial charge is 0.407 e. The monoisotopic (exact) mass is 521 g/mol. The number of methoxy groups -OCH3 is 1. The molecule has 11 nitrogen and oxygen atoms in total. The number of aromatic nitrogens is 4. The summed E-state index contributed by atoms with van der Waals surface area (Å²) in [6, 6.07) is 3.02. The van der Waals surface area contributed by atoms with Crippen LogP contribution in [0.25, 0.3) is 22.6 Å². The zero-order valence-corrected chi connectivity index (χ0v) is 20.5. The number of hydrogen-bond acceptors (Lipinski definition) is 8. The highest BCUT2D eigenvalue weighted by Crippen LogP contribution is 2.42. The Hall–Kier alpha value is -3.81. The third kappa shape index (κ3) is 6.05. The molecule has 1 saturated carbocycles. The number of benzene rings is 1. The van der Waals surface area contributed by atoms with Crippen LogP contribution in [0, 0.1) is 11.6 Å². The van der Waals surface area contributed by atoms with E-state index in [4.69, 9.17) is 0 Å². The summed E-state index contributed by atoms with van der Waals surface area (Å²) in [6.07, 6.45) is 3.57. The average molecular weight is 522 g/mol. The Labute approximate surface area is 206 Å². The van der Waals surface area contributed by atoms with Crippen molar-refractivity contribution < 1.29 is 26.7 Å². The lowest BCUT2D eigenvalue weighted by Gasteiger charge is -2.14. The number of imidazole rings is 1. The van der Waals surface area contributed by atoms with Gasteiger partial charge >= 0.3 is 6.09 Å². The molecule has 1 aliphatic rings. The minimum absolute atomic E-state index is 0.0934. The predicted octanol–water partition coefficient (Wildman–Crippen LogP) is 3.22. The molecule has 2 aromatic heterocycles. The minimum Gasteiger partial charge on any atom is -0.453 e. The first-order chi connectivity index (χ1) is 17.0. The van der Waals surface area contributed by atoms with E-state index in [-0.39, 0.29) is 29.2 Å². The van der Waals surface area contributed by atoms with Crippen LogP contribution in [0.1, 0.15) is 31.5 Å². The number of rotatable bonds is 9. The summed E-state index contributed by atoms with van der Waals surface area (Å²) in [5.74, 6) is -0.806. The quantitative estimate of drug-likeness (QED) is 0.335. The molecule has 0 spiro atoms. The van der Waals surface area contributed by atoms with E-state index in [9.17, 15) is 17.6 Å². The van der Waals surface area contributed by atoms with Crippen LogP contribution in [0.4, 0.5) is 25.2 Å². The maximum atomic E-state index is 15.4. The molecule has 1 amide bonds. The SMILES string of the molecule is COC(=O)N[C@@H](C)CNc1nccc(-c2[nH]c(C3CC3)nc2-c2cc(F)cc(NS(C)(=O)=O)c2F)n1. The molecule has 4 N–H and O–H groups in total. The van der Waals surface area contributed by atoms with E-state index in [1.54, 1.807) is 13.0 Å². The second-order valence-corrected chi connectivity index (χ2v) is 10.2. The molecule has 36 heavy (non-hydrogen) atoms. The maximum Gasteiger partial charge on any atom is 0.407 e. The van der Waals surface area contributed by atoms with E-state index >= 15 is 4.39 Å². The first kappa shape index (κ1) is 25.3. The molecule has 0 saturated heterocycles. The highest BCUT2D eigenvalue weighted by molar-refractivity contribution is 7.92. The molecular weight excluding hydrogens is 496 g/mol.